The van der Waals surface area contributed by atoms with Crippen molar-refractivity contribution < 1.29 is 0 Å². The fraction of sp³-hybridized carbons (Fsp3) is 0.250. The van der Waals surface area contributed by atoms with Crippen molar-refractivity contribution in [2.24, 2.45) is 0 Å². The number of halogens is 2. The van der Waals surface area contributed by atoms with Crippen LogP contribution in [-0.2, 0) is 6.54 Å². The molecule has 0 aromatic carbocycles. The topological polar surface area (TPSA) is 34.9 Å². The van der Waals surface area contributed by atoms with Gasteiger partial charge in [-0.05, 0) is 6.92 Å². The zero-order valence-corrected chi connectivity index (χ0v) is 8.51. The zero-order chi connectivity index (χ0) is 9.84. The Balaban J connectivity index is 2.97. The van der Waals surface area contributed by atoms with Crippen LogP contribution < -0.4 is 5.56 Å². The van der Waals surface area contributed by atoms with E-state index in [1.807, 2.05) is 0 Å². The highest BCUT2D eigenvalue weighted by molar-refractivity contribution is 6.36. The Hall–Kier alpha value is -0.800. The van der Waals surface area contributed by atoms with Gasteiger partial charge < -0.3 is 0 Å². The maximum absolute atomic E-state index is 11.3. The number of hydrogen-bond donors (Lipinski definition) is 0. The molecule has 1 heterocycles. The summed E-state index contributed by atoms with van der Waals surface area (Å²) in [5.41, 5.74) is 1.78. The lowest BCUT2D eigenvalue weighted by atomic mass is 10.4. The van der Waals surface area contributed by atoms with Crippen LogP contribution in [0.1, 0.15) is 5.69 Å². The minimum Gasteiger partial charge on any atom is -0.294 e. The fourth-order valence-electron chi connectivity index (χ4n) is 0.833. The van der Waals surface area contributed by atoms with Crippen LogP contribution >= 0.6 is 23.2 Å². The van der Waals surface area contributed by atoms with Gasteiger partial charge in [0.15, 0.2) is 0 Å². The van der Waals surface area contributed by atoms with E-state index >= 15 is 0 Å². The summed E-state index contributed by atoms with van der Waals surface area (Å²) in [4.78, 5) is 15.2. The highest BCUT2D eigenvalue weighted by atomic mass is 35.5. The van der Waals surface area contributed by atoms with Gasteiger partial charge >= 0.3 is 0 Å². The Kier molecular flexibility index (Phi) is 3.51. The third-order valence-electron chi connectivity index (χ3n) is 1.46. The van der Waals surface area contributed by atoms with Gasteiger partial charge in [-0.3, -0.25) is 9.36 Å². The molecule has 0 spiro atoms. The normalized spacial score (nSPS) is 11.8. The molecule has 13 heavy (non-hydrogen) atoms. The van der Waals surface area contributed by atoms with Gasteiger partial charge in [0.05, 0.1) is 12.9 Å². The van der Waals surface area contributed by atoms with E-state index in [1.165, 1.54) is 22.5 Å². The summed E-state index contributed by atoms with van der Waals surface area (Å²) in [6.45, 7) is 2.02. The Labute approximate surface area is 85.6 Å². The molecule has 0 radical (unpaired) electrons. The lowest BCUT2D eigenvalue weighted by Gasteiger charge is -2.02. The molecular formula is C8H8Cl2N2O. The molecule has 1 aromatic rings. The van der Waals surface area contributed by atoms with E-state index in [-0.39, 0.29) is 12.1 Å². The number of rotatable bonds is 2. The van der Waals surface area contributed by atoms with E-state index in [4.69, 9.17) is 23.2 Å². The summed E-state index contributed by atoms with van der Waals surface area (Å²) in [6.07, 6.45) is 1.44. The lowest BCUT2D eigenvalue weighted by molar-refractivity contribution is 0.739. The molecule has 0 fully saturated rings. The van der Waals surface area contributed by atoms with Gasteiger partial charge in [-0.25, -0.2) is 4.98 Å². The van der Waals surface area contributed by atoms with E-state index in [9.17, 15) is 4.79 Å². The molecule has 0 aliphatic rings. The summed E-state index contributed by atoms with van der Waals surface area (Å²) in [6, 6.07) is 1.44. The standard InChI is InChI=1S/C8H8Cl2N2O/c1-6-2-8(13)12(5-11-6)4-7(10)3-9/h2-3,5H,4H2,1H3/b7-3-. The second kappa shape index (κ2) is 4.44. The molecule has 0 N–H and O–H groups in total. The Morgan fingerprint density at radius 1 is 1.77 bits per heavy atom. The van der Waals surface area contributed by atoms with Crippen molar-refractivity contribution in [3.63, 3.8) is 0 Å². The second-order valence-electron chi connectivity index (χ2n) is 2.55. The summed E-state index contributed by atoms with van der Waals surface area (Å²) < 4.78 is 1.38. The quantitative estimate of drug-likeness (QED) is 0.760. The first kappa shape index (κ1) is 10.3. The van der Waals surface area contributed by atoms with Crippen molar-refractivity contribution in [1.82, 2.24) is 9.55 Å². The third-order valence-corrected chi connectivity index (χ3v) is 2.06. The van der Waals surface area contributed by atoms with Gasteiger partial charge in [0.2, 0.25) is 0 Å². The lowest BCUT2D eigenvalue weighted by Crippen LogP contribution is -2.20. The molecule has 0 unspecified atom stereocenters. The summed E-state index contributed by atoms with van der Waals surface area (Å²) in [5.74, 6) is 0. The highest BCUT2D eigenvalue weighted by Gasteiger charge is 1.98. The molecule has 70 valence electrons. The predicted octanol–water partition coefficient (Wildman–Crippen LogP) is 1.87. The minimum absolute atomic E-state index is 0.135. The molecule has 0 aliphatic carbocycles. The van der Waals surface area contributed by atoms with Crippen molar-refractivity contribution in [3.8, 4) is 0 Å². The summed E-state index contributed by atoms with van der Waals surface area (Å²) in [5, 5.41) is 0.398. The van der Waals surface area contributed by atoms with Gasteiger partial charge in [-0.2, -0.15) is 0 Å². The van der Waals surface area contributed by atoms with Crippen LogP contribution in [0, 0.1) is 6.92 Å². The van der Waals surface area contributed by atoms with Crippen LogP contribution in [0.25, 0.3) is 0 Å². The molecule has 1 rings (SSSR count). The Morgan fingerprint density at radius 3 is 3.00 bits per heavy atom. The molecule has 0 amide bonds. The number of aryl methyl sites for hydroxylation is 1. The minimum atomic E-state index is -0.135. The molecule has 3 nitrogen and oxygen atoms in total. The molecule has 5 heteroatoms. The number of hydrogen-bond acceptors (Lipinski definition) is 2. The third kappa shape index (κ3) is 2.86. The Morgan fingerprint density at radius 2 is 2.46 bits per heavy atom. The Bertz CT molecular complexity index is 384. The first-order valence-electron chi connectivity index (χ1n) is 3.61. The van der Waals surface area contributed by atoms with E-state index in [0.29, 0.717) is 10.7 Å². The average molecular weight is 219 g/mol. The smallest absolute Gasteiger partial charge is 0.253 e. The largest absolute Gasteiger partial charge is 0.294 e. The predicted molar refractivity (Wildman–Crippen MR) is 53.0 cm³/mol. The fourth-order valence-corrected chi connectivity index (χ4v) is 1.03. The van der Waals surface area contributed by atoms with Gasteiger partial charge in [0, 0.05) is 22.3 Å². The number of allylic oxidation sites excluding steroid dienone is 1. The van der Waals surface area contributed by atoms with E-state index in [1.54, 1.807) is 6.92 Å². The molecule has 0 atom stereocenters. The van der Waals surface area contributed by atoms with Crippen molar-refractivity contribution in [2.45, 2.75) is 13.5 Å². The maximum atomic E-state index is 11.3. The molecule has 0 bridgehead atoms. The average Bonchev–Trinajstić information content (AvgIpc) is 2.09. The highest BCUT2D eigenvalue weighted by Crippen LogP contribution is 2.04. The van der Waals surface area contributed by atoms with E-state index in [0.717, 1.165) is 0 Å². The maximum Gasteiger partial charge on any atom is 0.253 e. The molecular weight excluding hydrogens is 211 g/mol. The molecule has 1 aromatic heterocycles. The van der Waals surface area contributed by atoms with Crippen LogP contribution in [0.2, 0.25) is 0 Å². The van der Waals surface area contributed by atoms with E-state index < -0.39 is 0 Å². The van der Waals surface area contributed by atoms with Crippen LogP contribution in [-0.4, -0.2) is 9.55 Å². The monoisotopic (exact) mass is 218 g/mol. The molecule has 0 saturated carbocycles. The second-order valence-corrected chi connectivity index (χ2v) is 3.26. The molecule has 0 saturated heterocycles. The van der Waals surface area contributed by atoms with Gasteiger partial charge in [0.25, 0.3) is 5.56 Å². The van der Waals surface area contributed by atoms with Crippen molar-refractivity contribution in [3.05, 3.63) is 39.0 Å². The van der Waals surface area contributed by atoms with Crippen molar-refractivity contribution in [1.29, 1.82) is 0 Å². The zero-order valence-electron chi connectivity index (χ0n) is 7.00. The van der Waals surface area contributed by atoms with Gasteiger partial charge in [-0.15, -0.1) is 0 Å². The summed E-state index contributed by atoms with van der Waals surface area (Å²) >= 11 is 11.0. The van der Waals surface area contributed by atoms with Crippen molar-refractivity contribution in [2.75, 3.05) is 0 Å². The first-order valence-corrected chi connectivity index (χ1v) is 4.43. The summed E-state index contributed by atoms with van der Waals surface area (Å²) in [7, 11) is 0. The number of nitrogens with zero attached hydrogens (tertiary/aromatic N) is 2. The van der Waals surface area contributed by atoms with Crippen molar-refractivity contribution >= 4 is 23.2 Å². The number of aromatic nitrogens is 2. The van der Waals surface area contributed by atoms with Gasteiger partial charge in [-0.1, -0.05) is 23.2 Å². The van der Waals surface area contributed by atoms with Crippen LogP contribution in [0.3, 0.4) is 0 Å². The first-order chi connectivity index (χ1) is 6.13. The SMILES string of the molecule is Cc1cc(=O)n(C/C(Cl)=C/Cl)cn1. The van der Waals surface area contributed by atoms with E-state index in [2.05, 4.69) is 4.98 Å². The van der Waals surface area contributed by atoms with Gasteiger partial charge in [0.1, 0.15) is 0 Å². The van der Waals surface area contributed by atoms with Crippen LogP contribution in [0.4, 0.5) is 0 Å². The molecule has 0 aliphatic heterocycles. The van der Waals surface area contributed by atoms with Crippen LogP contribution in [0.5, 0.6) is 0 Å². The van der Waals surface area contributed by atoms with Crippen LogP contribution in [0.15, 0.2) is 27.8 Å².